The molecular formula is C15H12Cl2N2. The molecule has 0 bridgehead atoms. The number of aryl methyl sites for hydroxylation is 1. The molecule has 0 atom stereocenters. The van der Waals surface area contributed by atoms with Crippen molar-refractivity contribution in [2.45, 2.75) is 12.8 Å². The fourth-order valence-electron chi connectivity index (χ4n) is 2.27. The molecule has 2 aromatic carbocycles. The van der Waals surface area contributed by atoms with Crippen LogP contribution >= 0.6 is 23.2 Å². The van der Waals surface area contributed by atoms with Gasteiger partial charge in [0.15, 0.2) is 0 Å². The zero-order valence-electron chi connectivity index (χ0n) is 10.4. The Morgan fingerprint density at radius 3 is 2.68 bits per heavy atom. The first-order chi connectivity index (χ1) is 9.20. The summed E-state index contributed by atoms with van der Waals surface area (Å²) < 4.78 is 2.07. The van der Waals surface area contributed by atoms with Crippen LogP contribution in [0.5, 0.6) is 0 Å². The molecule has 3 aromatic rings. The van der Waals surface area contributed by atoms with Gasteiger partial charge in [-0.3, -0.25) is 4.57 Å². The van der Waals surface area contributed by atoms with Crippen molar-refractivity contribution in [2.75, 3.05) is 0 Å². The van der Waals surface area contributed by atoms with Crippen LogP contribution < -0.4 is 0 Å². The predicted octanol–water partition coefficient (Wildman–Crippen LogP) is 4.73. The number of aromatic nitrogens is 2. The van der Waals surface area contributed by atoms with Gasteiger partial charge in [-0.15, -0.1) is 11.6 Å². The number of fused-ring (bicyclic) bond motifs is 1. The number of hydrogen-bond acceptors (Lipinski definition) is 1. The second-order valence-corrected chi connectivity index (χ2v) is 5.12. The third kappa shape index (κ3) is 2.11. The average molecular weight is 291 g/mol. The Morgan fingerprint density at radius 1 is 1.16 bits per heavy atom. The van der Waals surface area contributed by atoms with Crippen molar-refractivity contribution < 1.29 is 0 Å². The minimum Gasteiger partial charge on any atom is -0.295 e. The van der Waals surface area contributed by atoms with E-state index in [0.29, 0.717) is 10.9 Å². The van der Waals surface area contributed by atoms with Crippen LogP contribution in [0, 0.1) is 6.92 Å². The summed E-state index contributed by atoms with van der Waals surface area (Å²) in [4.78, 5) is 4.56. The number of rotatable bonds is 2. The molecule has 0 aliphatic rings. The van der Waals surface area contributed by atoms with Gasteiger partial charge >= 0.3 is 0 Å². The molecule has 0 fully saturated rings. The first kappa shape index (κ1) is 12.5. The van der Waals surface area contributed by atoms with Gasteiger partial charge in [0, 0.05) is 5.02 Å². The van der Waals surface area contributed by atoms with E-state index in [1.807, 2.05) is 30.3 Å². The second-order valence-electron chi connectivity index (χ2n) is 4.42. The molecule has 0 aliphatic heterocycles. The Balaban J connectivity index is 2.38. The van der Waals surface area contributed by atoms with Crippen LogP contribution in [0.3, 0.4) is 0 Å². The lowest BCUT2D eigenvalue weighted by Crippen LogP contribution is -2.01. The van der Waals surface area contributed by atoms with Crippen molar-refractivity contribution >= 4 is 34.2 Å². The highest BCUT2D eigenvalue weighted by atomic mass is 35.5. The zero-order valence-corrected chi connectivity index (χ0v) is 11.9. The molecule has 0 aliphatic carbocycles. The quantitative estimate of drug-likeness (QED) is 0.624. The van der Waals surface area contributed by atoms with Gasteiger partial charge in [0.2, 0.25) is 0 Å². The number of alkyl halides is 1. The van der Waals surface area contributed by atoms with Gasteiger partial charge in [0.05, 0.1) is 22.6 Å². The monoisotopic (exact) mass is 290 g/mol. The van der Waals surface area contributed by atoms with Crippen molar-refractivity contribution in [2.24, 2.45) is 0 Å². The normalized spacial score (nSPS) is 11.1. The molecule has 0 unspecified atom stereocenters. The van der Waals surface area contributed by atoms with Crippen LogP contribution in [-0.4, -0.2) is 9.55 Å². The van der Waals surface area contributed by atoms with Crippen molar-refractivity contribution in [3.8, 4) is 5.69 Å². The average Bonchev–Trinajstić information content (AvgIpc) is 2.77. The number of nitrogens with zero attached hydrogens (tertiary/aromatic N) is 2. The molecule has 0 N–H and O–H groups in total. The molecule has 96 valence electrons. The number of imidazole rings is 1. The second kappa shape index (κ2) is 4.87. The minimum absolute atomic E-state index is 0.362. The van der Waals surface area contributed by atoms with Gasteiger partial charge in [0.25, 0.3) is 0 Å². The van der Waals surface area contributed by atoms with Gasteiger partial charge in [-0.2, -0.15) is 0 Å². The molecule has 1 heterocycles. The van der Waals surface area contributed by atoms with E-state index in [1.165, 1.54) is 5.56 Å². The van der Waals surface area contributed by atoms with E-state index in [2.05, 4.69) is 28.6 Å². The van der Waals surface area contributed by atoms with E-state index in [0.717, 1.165) is 22.5 Å². The summed E-state index contributed by atoms with van der Waals surface area (Å²) in [5.74, 6) is 1.19. The molecule has 1 aromatic heterocycles. The van der Waals surface area contributed by atoms with Gasteiger partial charge < -0.3 is 0 Å². The topological polar surface area (TPSA) is 17.8 Å². The molecule has 0 spiro atoms. The fourth-order valence-corrected chi connectivity index (χ4v) is 2.62. The van der Waals surface area contributed by atoms with Crippen LogP contribution in [0.2, 0.25) is 5.02 Å². The Kier molecular flexibility index (Phi) is 3.21. The lowest BCUT2D eigenvalue weighted by atomic mass is 10.2. The number of para-hydroxylation sites is 1. The lowest BCUT2D eigenvalue weighted by molar-refractivity contribution is 0.972. The smallest absolute Gasteiger partial charge is 0.129 e. The maximum atomic E-state index is 6.10. The molecule has 0 amide bonds. The van der Waals surface area contributed by atoms with E-state index in [1.54, 1.807) is 0 Å². The first-order valence-electron chi connectivity index (χ1n) is 5.99. The zero-order chi connectivity index (χ0) is 13.4. The lowest BCUT2D eigenvalue weighted by Gasteiger charge is -2.10. The number of hydrogen-bond donors (Lipinski definition) is 0. The summed E-state index contributed by atoms with van der Waals surface area (Å²) in [6.45, 7) is 2.07. The van der Waals surface area contributed by atoms with Crippen molar-refractivity contribution in [3.63, 3.8) is 0 Å². The summed E-state index contributed by atoms with van der Waals surface area (Å²) in [6.07, 6.45) is 0. The third-order valence-electron chi connectivity index (χ3n) is 3.16. The highest BCUT2D eigenvalue weighted by Crippen LogP contribution is 2.26. The van der Waals surface area contributed by atoms with Gasteiger partial charge in [0.1, 0.15) is 5.82 Å². The maximum Gasteiger partial charge on any atom is 0.129 e. The highest BCUT2D eigenvalue weighted by Gasteiger charge is 2.13. The van der Waals surface area contributed by atoms with E-state index in [9.17, 15) is 0 Å². The van der Waals surface area contributed by atoms with E-state index in [4.69, 9.17) is 23.2 Å². The van der Waals surface area contributed by atoms with Crippen LogP contribution in [-0.2, 0) is 5.88 Å². The van der Waals surface area contributed by atoms with Crippen molar-refractivity contribution in [1.29, 1.82) is 0 Å². The molecular weight excluding hydrogens is 279 g/mol. The highest BCUT2D eigenvalue weighted by molar-refractivity contribution is 6.31. The molecule has 2 nitrogen and oxygen atoms in total. The molecule has 4 heteroatoms. The maximum absolute atomic E-state index is 6.10. The Bertz CT molecular complexity index is 747. The summed E-state index contributed by atoms with van der Waals surface area (Å²) in [5.41, 5.74) is 4.15. The van der Waals surface area contributed by atoms with Crippen LogP contribution in [0.15, 0.2) is 42.5 Å². The SMILES string of the molecule is Cc1ccccc1-n1c(CCl)nc2ccc(Cl)cc21. The first-order valence-corrected chi connectivity index (χ1v) is 6.91. The standard InChI is InChI=1S/C15H12Cl2N2/c1-10-4-2-3-5-13(10)19-14-8-11(17)6-7-12(14)18-15(19)9-16/h2-8H,9H2,1H3. The van der Waals surface area contributed by atoms with Crippen molar-refractivity contribution in [3.05, 3.63) is 58.9 Å². The summed E-state index contributed by atoms with van der Waals surface area (Å²) in [5, 5.41) is 0.698. The van der Waals surface area contributed by atoms with E-state index in [-0.39, 0.29) is 0 Å². The third-order valence-corrected chi connectivity index (χ3v) is 3.64. The molecule has 3 rings (SSSR count). The summed E-state index contributed by atoms with van der Waals surface area (Å²) >= 11 is 12.1. The molecule has 0 radical (unpaired) electrons. The molecule has 19 heavy (non-hydrogen) atoms. The number of benzene rings is 2. The Morgan fingerprint density at radius 2 is 1.95 bits per heavy atom. The van der Waals surface area contributed by atoms with Crippen LogP contribution in [0.25, 0.3) is 16.7 Å². The largest absolute Gasteiger partial charge is 0.295 e. The summed E-state index contributed by atoms with van der Waals surface area (Å²) in [6, 6.07) is 13.9. The van der Waals surface area contributed by atoms with Gasteiger partial charge in [-0.1, -0.05) is 29.8 Å². The van der Waals surface area contributed by atoms with Crippen LogP contribution in [0.4, 0.5) is 0 Å². The molecule has 0 saturated heterocycles. The number of halogens is 2. The predicted molar refractivity (Wildman–Crippen MR) is 80.4 cm³/mol. The minimum atomic E-state index is 0.362. The Labute approximate surface area is 121 Å². The molecule has 0 saturated carbocycles. The summed E-state index contributed by atoms with van der Waals surface area (Å²) in [7, 11) is 0. The van der Waals surface area contributed by atoms with Crippen LogP contribution in [0.1, 0.15) is 11.4 Å². The van der Waals surface area contributed by atoms with Crippen molar-refractivity contribution in [1.82, 2.24) is 9.55 Å². The van der Waals surface area contributed by atoms with E-state index >= 15 is 0 Å². The Hall–Kier alpha value is -1.51. The van der Waals surface area contributed by atoms with Gasteiger partial charge in [-0.05, 0) is 36.8 Å². The van der Waals surface area contributed by atoms with Gasteiger partial charge in [-0.25, -0.2) is 4.98 Å². The fraction of sp³-hybridized carbons (Fsp3) is 0.133. The van der Waals surface area contributed by atoms with E-state index < -0.39 is 0 Å².